The first kappa shape index (κ1) is 14.4. The van der Waals surface area contributed by atoms with Crippen molar-refractivity contribution in [3.05, 3.63) is 30.5 Å². The summed E-state index contributed by atoms with van der Waals surface area (Å²) in [7, 11) is 1.26. The summed E-state index contributed by atoms with van der Waals surface area (Å²) < 4.78 is 12.0. The summed E-state index contributed by atoms with van der Waals surface area (Å²) in [5.41, 5.74) is -0.664. The maximum atomic E-state index is 11.6. The highest BCUT2D eigenvalue weighted by Gasteiger charge is 2.32. The molecule has 0 amide bonds. The number of carbonyl (C=O) groups excluding carboxylic acids is 1. The van der Waals surface area contributed by atoms with E-state index >= 15 is 0 Å². The Hall–Kier alpha value is -2.01. The predicted molar refractivity (Wildman–Crippen MR) is 75.7 cm³/mol. The summed E-state index contributed by atoms with van der Waals surface area (Å²) >= 11 is 0. The van der Waals surface area contributed by atoms with Crippen LogP contribution in [-0.2, 0) is 16.1 Å². The van der Waals surface area contributed by atoms with Gasteiger partial charge in [0.1, 0.15) is 5.75 Å². The fourth-order valence-corrected chi connectivity index (χ4v) is 2.23. The molecular formula is C15H19NO4. The molecule has 0 aliphatic heterocycles. The van der Waals surface area contributed by atoms with E-state index in [1.807, 2.05) is 42.0 Å². The lowest BCUT2D eigenvalue weighted by molar-refractivity contribution is -0.161. The molecule has 1 aromatic heterocycles. The van der Waals surface area contributed by atoms with E-state index in [1.54, 1.807) is 0 Å². The van der Waals surface area contributed by atoms with Crippen molar-refractivity contribution in [3.8, 4) is 5.75 Å². The molecule has 1 aromatic carbocycles. The Morgan fingerprint density at radius 1 is 1.40 bits per heavy atom. The number of ether oxygens (including phenoxy) is 2. The summed E-state index contributed by atoms with van der Waals surface area (Å²) in [5.74, 6) is 0.141. The number of carbonyl (C=O) groups is 1. The Balaban J connectivity index is 2.37. The molecule has 2 aromatic rings. The predicted octanol–water partition coefficient (Wildman–Crippen LogP) is 1.96. The zero-order valence-electron chi connectivity index (χ0n) is 11.9. The van der Waals surface area contributed by atoms with E-state index in [4.69, 9.17) is 4.74 Å². The van der Waals surface area contributed by atoms with Crippen molar-refractivity contribution in [2.24, 2.45) is 0 Å². The molecule has 1 N–H and O–H groups in total. The van der Waals surface area contributed by atoms with Crippen LogP contribution in [0.25, 0.3) is 10.9 Å². The lowest BCUT2D eigenvalue weighted by Crippen LogP contribution is -2.40. The first-order valence-electron chi connectivity index (χ1n) is 6.51. The zero-order chi connectivity index (χ0) is 14.8. The van der Waals surface area contributed by atoms with Gasteiger partial charge in [-0.2, -0.15) is 0 Å². The number of benzene rings is 1. The molecule has 5 nitrogen and oxygen atoms in total. The standard InChI is InChI=1S/C15H19NO4/c1-4-20-13-7-5-6-12-11(13)8-9-16(12)10-15(2,18)14(17)19-3/h5-9,18H,4,10H2,1-3H3. The zero-order valence-corrected chi connectivity index (χ0v) is 11.9. The number of hydrogen-bond donors (Lipinski definition) is 1. The molecule has 0 bridgehead atoms. The minimum atomic E-state index is -1.57. The summed E-state index contributed by atoms with van der Waals surface area (Å²) in [5, 5.41) is 11.1. The van der Waals surface area contributed by atoms with Crippen molar-refractivity contribution in [1.82, 2.24) is 4.57 Å². The summed E-state index contributed by atoms with van der Waals surface area (Å²) in [6, 6.07) is 7.62. The van der Waals surface area contributed by atoms with Crippen LogP contribution < -0.4 is 4.74 Å². The number of methoxy groups -OCH3 is 1. The Labute approximate surface area is 117 Å². The molecule has 0 spiro atoms. The molecule has 1 heterocycles. The largest absolute Gasteiger partial charge is 0.493 e. The molecule has 5 heteroatoms. The Morgan fingerprint density at radius 3 is 2.80 bits per heavy atom. The van der Waals surface area contributed by atoms with Gasteiger partial charge in [-0.25, -0.2) is 4.79 Å². The first-order valence-corrected chi connectivity index (χ1v) is 6.51. The van der Waals surface area contributed by atoms with Crippen molar-refractivity contribution in [2.75, 3.05) is 13.7 Å². The lowest BCUT2D eigenvalue weighted by Gasteiger charge is -2.21. The number of hydrogen-bond acceptors (Lipinski definition) is 4. The van der Waals surface area contributed by atoms with Gasteiger partial charge in [0.05, 0.1) is 25.8 Å². The van der Waals surface area contributed by atoms with Crippen molar-refractivity contribution >= 4 is 16.9 Å². The second-order valence-electron chi connectivity index (χ2n) is 4.83. The van der Waals surface area contributed by atoms with Gasteiger partial charge in [0.25, 0.3) is 0 Å². The van der Waals surface area contributed by atoms with Crippen LogP contribution in [0.2, 0.25) is 0 Å². The molecule has 108 valence electrons. The third-order valence-corrected chi connectivity index (χ3v) is 3.18. The minimum absolute atomic E-state index is 0.124. The van der Waals surface area contributed by atoms with E-state index in [0.29, 0.717) is 6.61 Å². The number of aliphatic hydroxyl groups is 1. The molecule has 1 atom stereocenters. The Morgan fingerprint density at radius 2 is 2.15 bits per heavy atom. The fourth-order valence-electron chi connectivity index (χ4n) is 2.23. The molecule has 0 aliphatic carbocycles. The molecule has 2 rings (SSSR count). The van der Waals surface area contributed by atoms with Crippen LogP contribution in [0.15, 0.2) is 30.5 Å². The fraction of sp³-hybridized carbons (Fsp3) is 0.400. The highest BCUT2D eigenvalue weighted by Crippen LogP contribution is 2.27. The monoisotopic (exact) mass is 277 g/mol. The van der Waals surface area contributed by atoms with Gasteiger partial charge in [0, 0.05) is 11.6 Å². The Bertz CT molecular complexity index is 615. The molecule has 0 fully saturated rings. The van der Waals surface area contributed by atoms with E-state index in [-0.39, 0.29) is 6.54 Å². The maximum Gasteiger partial charge on any atom is 0.339 e. The molecule has 20 heavy (non-hydrogen) atoms. The maximum absolute atomic E-state index is 11.6. The smallest absolute Gasteiger partial charge is 0.339 e. The van der Waals surface area contributed by atoms with E-state index in [0.717, 1.165) is 16.7 Å². The highest BCUT2D eigenvalue weighted by atomic mass is 16.5. The van der Waals surface area contributed by atoms with Crippen LogP contribution in [0, 0.1) is 0 Å². The van der Waals surface area contributed by atoms with E-state index in [9.17, 15) is 9.90 Å². The average molecular weight is 277 g/mol. The van der Waals surface area contributed by atoms with E-state index in [1.165, 1.54) is 14.0 Å². The van der Waals surface area contributed by atoms with Gasteiger partial charge in [-0.15, -0.1) is 0 Å². The molecule has 0 radical (unpaired) electrons. The van der Waals surface area contributed by atoms with Crippen LogP contribution >= 0.6 is 0 Å². The van der Waals surface area contributed by atoms with Gasteiger partial charge < -0.3 is 19.1 Å². The van der Waals surface area contributed by atoms with Crippen molar-refractivity contribution in [3.63, 3.8) is 0 Å². The average Bonchev–Trinajstić information content (AvgIpc) is 2.82. The third-order valence-electron chi connectivity index (χ3n) is 3.18. The van der Waals surface area contributed by atoms with Crippen LogP contribution in [-0.4, -0.2) is 35.0 Å². The SMILES string of the molecule is CCOc1cccc2c1ccn2CC(C)(O)C(=O)OC. The number of aromatic nitrogens is 1. The van der Waals surface area contributed by atoms with Crippen LogP contribution in [0.1, 0.15) is 13.8 Å². The third kappa shape index (κ3) is 2.63. The first-order chi connectivity index (χ1) is 9.49. The molecule has 1 unspecified atom stereocenters. The minimum Gasteiger partial charge on any atom is -0.493 e. The van der Waals surface area contributed by atoms with Crippen molar-refractivity contribution < 1.29 is 19.4 Å². The number of esters is 1. The topological polar surface area (TPSA) is 60.7 Å². The highest BCUT2D eigenvalue weighted by molar-refractivity contribution is 5.87. The summed E-state index contributed by atoms with van der Waals surface area (Å²) in [6.45, 7) is 4.08. The van der Waals surface area contributed by atoms with E-state index < -0.39 is 11.6 Å². The second kappa shape index (κ2) is 5.54. The van der Waals surface area contributed by atoms with Gasteiger partial charge in [-0.05, 0) is 32.0 Å². The van der Waals surface area contributed by atoms with Gasteiger partial charge >= 0.3 is 5.97 Å². The molecule has 0 saturated carbocycles. The molecule has 0 aliphatic rings. The number of rotatable bonds is 5. The number of fused-ring (bicyclic) bond motifs is 1. The van der Waals surface area contributed by atoms with Crippen LogP contribution in [0.4, 0.5) is 0 Å². The summed E-state index contributed by atoms with van der Waals surface area (Å²) in [6.07, 6.45) is 1.82. The van der Waals surface area contributed by atoms with Gasteiger partial charge in [-0.1, -0.05) is 6.07 Å². The van der Waals surface area contributed by atoms with Crippen molar-refractivity contribution in [1.29, 1.82) is 0 Å². The summed E-state index contributed by atoms with van der Waals surface area (Å²) in [4.78, 5) is 11.6. The molecular weight excluding hydrogens is 258 g/mol. The lowest BCUT2D eigenvalue weighted by atomic mass is 10.1. The van der Waals surface area contributed by atoms with Crippen molar-refractivity contribution in [2.45, 2.75) is 26.0 Å². The quantitative estimate of drug-likeness (QED) is 0.849. The van der Waals surface area contributed by atoms with Gasteiger partial charge in [-0.3, -0.25) is 0 Å². The van der Waals surface area contributed by atoms with Gasteiger partial charge in [0.2, 0.25) is 0 Å². The van der Waals surface area contributed by atoms with Crippen LogP contribution in [0.3, 0.4) is 0 Å². The number of nitrogens with zero attached hydrogens (tertiary/aromatic N) is 1. The Kier molecular flexibility index (Phi) is 3.99. The van der Waals surface area contributed by atoms with E-state index in [2.05, 4.69) is 4.74 Å². The normalized spacial score (nSPS) is 14.0. The second-order valence-corrected chi connectivity index (χ2v) is 4.83. The molecule has 0 saturated heterocycles. The van der Waals surface area contributed by atoms with Gasteiger partial charge in [0.15, 0.2) is 5.60 Å². The van der Waals surface area contributed by atoms with Crippen LogP contribution in [0.5, 0.6) is 5.75 Å².